The highest BCUT2D eigenvalue weighted by Gasteiger charge is 2.34. The summed E-state index contributed by atoms with van der Waals surface area (Å²) in [6.45, 7) is 3.67. The van der Waals surface area contributed by atoms with Crippen LogP contribution < -0.4 is 4.90 Å². The monoisotopic (exact) mass is 409 g/mol. The SMILES string of the molecule is C[C@@H](OC(=O)c1c2ccccc2cc2ccccc12)C(=O)N1c2ccccc2C[C@@H]1C. The number of nitrogens with zero attached hydrogens (tertiary/aromatic N) is 1. The summed E-state index contributed by atoms with van der Waals surface area (Å²) >= 11 is 0. The van der Waals surface area contributed by atoms with E-state index in [-0.39, 0.29) is 11.9 Å². The van der Waals surface area contributed by atoms with Gasteiger partial charge in [-0.3, -0.25) is 4.79 Å². The molecule has 0 N–H and O–H groups in total. The molecule has 31 heavy (non-hydrogen) atoms. The Labute approximate surface area is 181 Å². The van der Waals surface area contributed by atoms with Crippen molar-refractivity contribution in [2.75, 3.05) is 4.90 Å². The maximum atomic E-state index is 13.3. The second-order valence-electron chi connectivity index (χ2n) is 8.13. The first kappa shape index (κ1) is 19.3. The molecule has 4 nitrogen and oxygen atoms in total. The molecule has 1 amide bonds. The van der Waals surface area contributed by atoms with E-state index in [0.29, 0.717) is 5.56 Å². The highest BCUT2D eigenvalue weighted by atomic mass is 16.5. The molecule has 2 atom stereocenters. The predicted octanol–water partition coefficient (Wildman–Crippen LogP) is 5.52. The van der Waals surface area contributed by atoms with Crippen molar-refractivity contribution in [3.63, 3.8) is 0 Å². The van der Waals surface area contributed by atoms with Gasteiger partial charge in [-0.15, -0.1) is 0 Å². The Morgan fingerprint density at radius 3 is 2.16 bits per heavy atom. The fourth-order valence-corrected chi connectivity index (χ4v) is 4.60. The van der Waals surface area contributed by atoms with E-state index < -0.39 is 12.1 Å². The first-order valence-corrected chi connectivity index (χ1v) is 10.6. The van der Waals surface area contributed by atoms with Gasteiger partial charge in [-0.1, -0.05) is 66.7 Å². The molecular weight excluding hydrogens is 386 g/mol. The summed E-state index contributed by atoms with van der Waals surface area (Å²) < 4.78 is 5.76. The summed E-state index contributed by atoms with van der Waals surface area (Å²) in [5, 5.41) is 3.58. The minimum atomic E-state index is -0.890. The number of para-hydroxylation sites is 1. The molecule has 4 aromatic rings. The lowest BCUT2D eigenvalue weighted by molar-refractivity contribution is -0.126. The Balaban J connectivity index is 1.49. The molecule has 4 aromatic carbocycles. The van der Waals surface area contributed by atoms with Crippen LogP contribution in [0.2, 0.25) is 0 Å². The first-order chi connectivity index (χ1) is 15.0. The molecule has 0 radical (unpaired) electrons. The topological polar surface area (TPSA) is 46.6 Å². The molecule has 5 rings (SSSR count). The summed E-state index contributed by atoms with van der Waals surface area (Å²) in [5.74, 6) is -0.677. The lowest BCUT2D eigenvalue weighted by atomic mass is 9.97. The standard InChI is InChI=1S/C27H23NO3/c1-17-15-21-11-5-8-14-24(21)28(17)26(29)18(2)31-27(30)25-22-12-6-3-9-19(22)16-20-10-4-7-13-23(20)25/h3-14,16-18H,15H2,1-2H3/t17-,18+/m0/s1. The lowest BCUT2D eigenvalue weighted by Gasteiger charge is -2.26. The van der Waals surface area contributed by atoms with Gasteiger partial charge in [0.1, 0.15) is 0 Å². The first-order valence-electron chi connectivity index (χ1n) is 10.6. The zero-order chi connectivity index (χ0) is 21.5. The zero-order valence-electron chi connectivity index (χ0n) is 17.5. The smallest absolute Gasteiger partial charge is 0.340 e. The van der Waals surface area contributed by atoms with Crippen molar-refractivity contribution in [3.05, 3.63) is 90.0 Å². The minimum Gasteiger partial charge on any atom is -0.449 e. The van der Waals surface area contributed by atoms with Gasteiger partial charge in [-0.25, -0.2) is 4.79 Å². The number of esters is 1. The van der Waals surface area contributed by atoms with Gasteiger partial charge in [-0.05, 0) is 59.5 Å². The number of benzene rings is 4. The molecule has 154 valence electrons. The normalized spacial score (nSPS) is 16.3. The quantitative estimate of drug-likeness (QED) is 0.331. The van der Waals surface area contributed by atoms with Crippen LogP contribution in [-0.2, 0) is 16.0 Å². The van der Waals surface area contributed by atoms with E-state index in [1.807, 2.05) is 79.7 Å². The van der Waals surface area contributed by atoms with E-state index in [0.717, 1.165) is 39.2 Å². The van der Waals surface area contributed by atoms with E-state index in [2.05, 4.69) is 6.07 Å². The number of ether oxygens (including phenoxy) is 1. The van der Waals surface area contributed by atoms with Crippen LogP contribution in [0.1, 0.15) is 29.8 Å². The van der Waals surface area contributed by atoms with Gasteiger partial charge in [0.25, 0.3) is 5.91 Å². The molecule has 0 aromatic heterocycles. The van der Waals surface area contributed by atoms with Crippen molar-refractivity contribution in [3.8, 4) is 0 Å². The number of rotatable bonds is 3. The number of hydrogen-bond donors (Lipinski definition) is 0. The third-order valence-corrected chi connectivity index (χ3v) is 6.05. The van der Waals surface area contributed by atoms with Crippen molar-refractivity contribution in [1.82, 2.24) is 0 Å². The summed E-state index contributed by atoms with van der Waals surface area (Å²) in [4.78, 5) is 28.4. The van der Waals surface area contributed by atoms with E-state index in [1.54, 1.807) is 11.8 Å². The molecule has 0 unspecified atom stereocenters. The molecule has 0 bridgehead atoms. The van der Waals surface area contributed by atoms with E-state index in [1.165, 1.54) is 0 Å². The van der Waals surface area contributed by atoms with Crippen LogP contribution in [0, 0.1) is 0 Å². The van der Waals surface area contributed by atoms with Gasteiger partial charge in [0.15, 0.2) is 6.10 Å². The molecule has 0 saturated carbocycles. The fourth-order valence-electron chi connectivity index (χ4n) is 4.60. The average Bonchev–Trinajstić information content (AvgIpc) is 3.12. The summed E-state index contributed by atoms with van der Waals surface area (Å²) in [6.07, 6.45) is -0.0878. The van der Waals surface area contributed by atoms with Crippen LogP contribution >= 0.6 is 0 Å². The fraction of sp³-hybridized carbons (Fsp3) is 0.185. The van der Waals surface area contributed by atoms with Crippen LogP contribution in [0.5, 0.6) is 0 Å². The van der Waals surface area contributed by atoms with Crippen molar-refractivity contribution < 1.29 is 14.3 Å². The van der Waals surface area contributed by atoms with Crippen LogP contribution in [0.25, 0.3) is 21.5 Å². The van der Waals surface area contributed by atoms with E-state index >= 15 is 0 Å². The van der Waals surface area contributed by atoms with E-state index in [9.17, 15) is 9.59 Å². The summed E-state index contributed by atoms with van der Waals surface area (Å²) in [5.41, 5.74) is 2.55. The van der Waals surface area contributed by atoms with Crippen molar-refractivity contribution in [2.24, 2.45) is 0 Å². The Hall–Kier alpha value is -3.66. The second-order valence-corrected chi connectivity index (χ2v) is 8.13. The third kappa shape index (κ3) is 3.25. The highest BCUT2D eigenvalue weighted by Crippen LogP contribution is 2.33. The average molecular weight is 409 g/mol. The van der Waals surface area contributed by atoms with Gasteiger partial charge < -0.3 is 9.64 Å². The number of fused-ring (bicyclic) bond motifs is 3. The second kappa shape index (κ2) is 7.55. The zero-order valence-corrected chi connectivity index (χ0v) is 17.5. The molecule has 0 aliphatic carbocycles. The molecule has 1 aliphatic heterocycles. The van der Waals surface area contributed by atoms with Crippen LogP contribution in [0.15, 0.2) is 78.9 Å². The van der Waals surface area contributed by atoms with Crippen molar-refractivity contribution in [1.29, 1.82) is 0 Å². The van der Waals surface area contributed by atoms with Crippen molar-refractivity contribution >= 4 is 39.1 Å². The number of hydrogen-bond acceptors (Lipinski definition) is 3. The van der Waals surface area contributed by atoms with Crippen LogP contribution in [0.3, 0.4) is 0 Å². The summed E-state index contributed by atoms with van der Waals surface area (Å²) in [7, 11) is 0. The van der Waals surface area contributed by atoms with Crippen LogP contribution in [-0.4, -0.2) is 24.0 Å². The molecule has 4 heteroatoms. The van der Waals surface area contributed by atoms with Gasteiger partial charge in [0, 0.05) is 11.7 Å². The lowest BCUT2D eigenvalue weighted by Crippen LogP contribution is -2.43. The highest BCUT2D eigenvalue weighted by molar-refractivity contribution is 6.17. The molecule has 0 spiro atoms. The molecule has 0 saturated heterocycles. The molecule has 0 fully saturated rings. The third-order valence-electron chi connectivity index (χ3n) is 6.05. The van der Waals surface area contributed by atoms with Gasteiger partial charge in [0.2, 0.25) is 0 Å². The Kier molecular flexibility index (Phi) is 4.70. The van der Waals surface area contributed by atoms with Gasteiger partial charge in [0.05, 0.1) is 5.56 Å². The van der Waals surface area contributed by atoms with Crippen molar-refractivity contribution in [2.45, 2.75) is 32.4 Å². The number of anilines is 1. The van der Waals surface area contributed by atoms with Gasteiger partial charge >= 0.3 is 5.97 Å². The molecule has 1 aliphatic rings. The maximum Gasteiger partial charge on any atom is 0.340 e. The largest absolute Gasteiger partial charge is 0.449 e. The summed E-state index contributed by atoms with van der Waals surface area (Å²) in [6, 6.07) is 25.5. The Morgan fingerprint density at radius 2 is 1.48 bits per heavy atom. The molecular formula is C27H23NO3. The Bertz CT molecular complexity index is 1270. The molecule has 1 heterocycles. The Morgan fingerprint density at radius 1 is 0.903 bits per heavy atom. The predicted molar refractivity (Wildman–Crippen MR) is 123 cm³/mol. The van der Waals surface area contributed by atoms with Gasteiger partial charge in [-0.2, -0.15) is 0 Å². The maximum absolute atomic E-state index is 13.3. The number of carbonyl (C=O) groups excluding carboxylic acids is 2. The number of carbonyl (C=O) groups is 2. The van der Waals surface area contributed by atoms with E-state index in [4.69, 9.17) is 4.74 Å². The van der Waals surface area contributed by atoms with Crippen LogP contribution in [0.4, 0.5) is 5.69 Å². The minimum absolute atomic E-state index is 0.0319. The number of amides is 1.